The van der Waals surface area contributed by atoms with Gasteiger partial charge in [-0.3, -0.25) is 0 Å². The Bertz CT molecular complexity index is 522. The standard InChI is InChI=1S/C15H18N4O/c16-6-11-1-3-14(4-2-11)18-15(20)19-9-12-5-13(10-19)8-17-7-12/h1-4,12-13,17H,5,7-10H2,(H,18,20). The number of likely N-dealkylation sites (tertiary alicyclic amines) is 1. The number of nitrogens with zero attached hydrogens (tertiary/aromatic N) is 2. The van der Waals surface area contributed by atoms with Gasteiger partial charge in [-0.25, -0.2) is 4.79 Å². The molecule has 2 unspecified atom stereocenters. The molecule has 0 spiro atoms. The third kappa shape index (κ3) is 2.75. The molecule has 0 radical (unpaired) electrons. The summed E-state index contributed by atoms with van der Waals surface area (Å²) in [6.07, 6.45) is 1.23. The number of amides is 2. The summed E-state index contributed by atoms with van der Waals surface area (Å²) in [5.74, 6) is 1.16. The number of carbonyl (C=O) groups excluding carboxylic acids is 1. The van der Waals surface area contributed by atoms with Gasteiger partial charge in [0.05, 0.1) is 11.6 Å². The van der Waals surface area contributed by atoms with Gasteiger partial charge in [-0.1, -0.05) is 0 Å². The topological polar surface area (TPSA) is 68.2 Å². The van der Waals surface area contributed by atoms with Crippen molar-refractivity contribution < 1.29 is 4.79 Å². The fourth-order valence-electron chi connectivity index (χ4n) is 3.10. The number of fused-ring (bicyclic) bond motifs is 2. The molecule has 0 aliphatic carbocycles. The summed E-state index contributed by atoms with van der Waals surface area (Å²) in [5.41, 5.74) is 1.34. The molecule has 104 valence electrons. The minimum Gasteiger partial charge on any atom is -0.324 e. The molecule has 2 saturated heterocycles. The second-order valence-corrected chi connectivity index (χ2v) is 5.65. The molecule has 5 nitrogen and oxygen atoms in total. The van der Waals surface area contributed by atoms with E-state index in [2.05, 4.69) is 16.7 Å². The maximum absolute atomic E-state index is 12.3. The molecule has 2 N–H and O–H groups in total. The van der Waals surface area contributed by atoms with Crippen LogP contribution in [0, 0.1) is 23.2 Å². The molecule has 0 saturated carbocycles. The molecule has 2 bridgehead atoms. The largest absolute Gasteiger partial charge is 0.324 e. The minimum absolute atomic E-state index is 0.0358. The van der Waals surface area contributed by atoms with Gasteiger partial charge in [-0.2, -0.15) is 5.26 Å². The lowest BCUT2D eigenvalue weighted by Crippen LogP contribution is -2.53. The quantitative estimate of drug-likeness (QED) is 0.815. The minimum atomic E-state index is -0.0358. The van der Waals surface area contributed by atoms with Crippen LogP contribution in [0.3, 0.4) is 0 Å². The number of carbonyl (C=O) groups is 1. The number of hydrogen-bond acceptors (Lipinski definition) is 3. The first-order valence-corrected chi connectivity index (χ1v) is 7.01. The van der Waals surface area contributed by atoms with Crippen molar-refractivity contribution in [2.75, 3.05) is 31.5 Å². The predicted molar refractivity (Wildman–Crippen MR) is 76.2 cm³/mol. The third-order valence-corrected chi connectivity index (χ3v) is 4.04. The number of rotatable bonds is 1. The summed E-state index contributed by atoms with van der Waals surface area (Å²) in [4.78, 5) is 14.2. The van der Waals surface area contributed by atoms with Crippen LogP contribution in [0.15, 0.2) is 24.3 Å². The van der Waals surface area contributed by atoms with Gasteiger partial charge in [0.2, 0.25) is 0 Å². The van der Waals surface area contributed by atoms with Crippen LogP contribution >= 0.6 is 0 Å². The highest BCUT2D eigenvalue weighted by Crippen LogP contribution is 2.25. The van der Waals surface area contributed by atoms with Crippen molar-refractivity contribution in [2.24, 2.45) is 11.8 Å². The van der Waals surface area contributed by atoms with Crippen molar-refractivity contribution in [3.8, 4) is 6.07 Å². The Morgan fingerprint density at radius 2 is 1.90 bits per heavy atom. The molecule has 2 aliphatic rings. The normalized spacial score (nSPS) is 24.9. The zero-order valence-electron chi connectivity index (χ0n) is 11.3. The summed E-state index contributed by atoms with van der Waals surface area (Å²) in [6.45, 7) is 3.67. The molecule has 2 fully saturated rings. The van der Waals surface area contributed by atoms with Gasteiger partial charge in [0.1, 0.15) is 0 Å². The van der Waals surface area contributed by atoms with Crippen LogP contribution in [0.5, 0.6) is 0 Å². The number of nitrogens with one attached hydrogen (secondary N) is 2. The van der Waals surface area contributed by atoms with E-state index in [9.17, 15) is 4.79 Å². The average Bonchev–Trinajstić information content (AvgIpc) is 2.47. The first-order chi connectivity index (χ1) is 9.74. The lowest BCUT2D eigenvalue weighted by Gasteiger charge is -2.41. The molecule has 1 aromatic rings. The monoisotopic (exact) mass is 270 g/mol. The molecule has 2 atom stereocenters. The number of urea groups is 1. The summed E-state index contributed by atoms with van der Waals surface area (Å²) in [5, 5.41) is 15.1. The van der Waals surface area contributed by atoms with Gasteiger partial charge in [-0.05, 0) is 55.6 Å². The first-order valence-electron chi connectivity index (χ1n) is 7.01. The Hall–Kier alpha value is -2.06. The number of benzene rings is 1. The zero-order chi connectivity index (χ0) is 13.9. The summed E-state index contributed by atoms with van der Waals surface area (Å²) < 4.78 is 0. The van der Waals surface area contributed by atoms with E-state index in [-0.39, 0.29) is 6.03 Å². The second-order valence-electron chi connectivity index (χ2n) is 5.65. The molecule has 20 heavy (non-hydrogen) atoms. The molecule has 1 aromatic carbocycles. The SMILES string of the molecule is N#Cc1ccc(NC(=O)N2CC3CNCC(C3)C2)cc1. The fourth-order valence-corrected chi connectivity index (χ4v) is 3.10. The Morgan fingerprint density at radius 3 is 2.50 bits per heavy atom. The summed E-state index contributed by atoms with van der Waals surface area (Å²) in [7, 11) is 0. The van der Waals surface area contributed by atoms with Crippen LogP contribution < -0.4 is 10.6 Å². The maximum atomic E-state index is 12.3. The van der Waals surface area contributed by atoms with Gasteiger partial charge < -0.3 is 15.5 Å². The second kappa shape index (κ2) is 5.51. The lowest BCUT2D eigenvalue weighted by atomic mass is 9.86. The molecular weight excluding hydrogens is 252 g/mol. The van der Waals surface area contributed by atoms with E-state index in [1.165, 1.54) is 6.42 Å². The highest BCUT2D eigenvalue weighted by atomic mass is 16.2. The van der Waals surface area contributed by atoms with Crippen molar-refractivity contribution in [1.82, 2.24) is 10.2 Å². The van der Waals surface area contributed by atoms with Gasteiger partial charge in [0.25, 0.3) is 0 Å². The van der Waals surface area contributed by atoms with E-state index in [4.69, 9.17) is 5.26 Å². The van der Waals surface area contributed by atoms with E-state index in [0.29, 0.717) is 17.4 Å². The summed E-state index contributed by atoms with van der Waals surface area (Å²) >= 11 is 0. The lowest BCUT2D eigenvalue weighted by molar-refractivity contribution is 0.120. The number of piperidine rings is 2. The highest BCUT2D eigenvalue weighted by Gasteiger charge is 2.32. The fraction of sp³-hybridized carbons (Fsp3) is 0.467. The van der Waals surface area contributed by atoms with Gasteiger partial charge >= 0.3 is 6.03 Å². The Morgan fingerprint density at radius 1 is 1.25 bits per heavy atom. The molecular formula is C15H18N4O. The van der Waals surface area contributed by atoms with Gasteiger partial charge in [-0.15, -0.1) is 0 Å². The van der Waals surface area contributed by atoms with Crippen LogP contribution in [0.25, 0.3) is 0 Å². The average molecular weight is 270 g/mol. The van der Waals surface area contributed by atoms with Gasteiger partial charge in [0.15, 0.2) is 0 Å². The van der Waals surface area contributed by atoms with Crippen molar-refractivity contribution in [3.63, 3.8) is 0 Å². The molecule has 0 aromatic heterocycles. The Balaban J connectivity index is 1.62. The zero-order valence-corrected chi connectivity index (χ0v) is 11.3. The van der Waals surface area contributed by atoms with Crippen LogP contribution in [0.2, 0.25) is 0 Å². The van der Waals surface area contributed by atoms with Crippen molar-refractivity contribution in [2.45, 2.75) is 6.42 Å². The third-order valence-electron chi connectivity index (χ3n) is 4.04. The van der Waals surface area contributed by atoms with Crippen LogP contribution in [-0.2, 0) is 0 Å². The Labute approximate surface area is 118 Å². The molecule has 2 aliphatic heterocycles. The molecule has 2 heterocycles. The first kappa shape index (κ1) is 12.9. The Kier molecular flexibility index (Phi) is 3.57. The van der Waals surface area contributed by atoms with E-state index in [1.54, 1.807) is 24.3 Å². The van der Waals surface area contributed by atoms with Gasteiger partial charge in [0, 0.05) is 18.8 Å². The van der Waals surface area contributed by atoms with E-state index in [0.717, 1.165) is 31.9 Å². The van der Waals surface area contributed by atoms with Crippen LogP contribution in [0.1, 0.15) is 12.0 Å². The number of hydrogen-bond donors (Lipinski definition) is 2. The number of anilines is 1. The van der Waals surface area contributed by atoms with E-state index < -0.39 is 0 Å². The highest BCUT2D eigenvalue weighted by molar-refractivity contribution is 5.89. The number of nitriles is 1. The van der Waals surface area contributed by atoms with E-state index in [1.807, 2.05) is 4.90 Å². The molecule has 3 rings (SSSR count). The van der Waals surface area contributed by atoms with Crippen LogP contribution in [0.4, 0.5) is 10.5 Å². The molecule has 5 heteroatoms. The summed E-state index contributed by atoms with van der Waals surface area (Å²) in [6, 6.07) is 8.99. The van der Waals surface area contributed by atoms with Crippen molar-refractivity contribution >= 4 is 11.7 Å². The smallest absolute Gasteiger partial charge is 0.321 e. The van der Waals surface area contributed by atoms with Crippen LogP contribution in [-0.4, -0.2) is 37.1 Å². The maximum Gasteiger partial charge on any atom is 0.321 e. The predicted octanol–water partition coefficient (Wildman–Crippen LogP) is 1.63. The molecule has 2 amide bonds. The van der Waals surface area contributed by atoms with Crippen molar-refractivity contribution in [1.29, 1.82) is 5.26 Å². The van der Waals surface area contributed by atoms with E-state index >= 15 is 0 Å². The van der Waals surface area contributed by atoms with Crippen molar-refractivity contribution in [3.05, 3.63) is 29.8 Å².